The van der Waals surface area contributed by atoms with Crippen LogP contribution in [0.4, 0.5) is 0 Å². The molecule has 2 heteroatoms. The summed E-state index contributed by atoms with van der Waals surface area (Å²) in [5.74, 6) is 2.36. The average Bonchev–Trinajstić information content (AvgIpc) is 2.66. The van der Waals surface area contributed by atoms with Gasteiger partial charge in [-0.05, 0) is 43.4 Å². The van der Waals surface area contributed by atoms with Crippen molar-refractivity contribution in [1.82, 2.24) is 0 Å². The Morgan fingerprint density at radius 3 is 2.42 bits per heavy atom. The third-order valence-electron chi connectivity index (χ3n) is 6.71. The smallest absolute Gasteiger partial charge is 0.169 e. The molecule has 0 aromatic carbocycles. The van der Waals surface area contributed by atoms with Crippen molar-refractivity contribution in [3.63, 3.8) is 0 Å². The van der Waals surface area contributed by atoms with Gasteiger partial charge in [0.1, 0.15) is 0 Å². The molecule has 108 valence electrons. The zero-order chi connectivity index (χ0) is 12.9. The van der Waals surface area contributed by atoms with Crippen molar-refractivity contribution in [1.29, 1.82) is 0 Å². The number of hydrogen-bond acceptors (Lipinski definition) is 2. The van der Waals surface area contributed by atoms with Gasteiger partial charge >= 0.3 is 0 Å². The summed E-state index contributed by atoms with van der Waals surface area (Å²) in [6.45, 7) is 0. The van der Waals surface area contributed by atoms with Crippen LogP contribution in [0.25, 0.3) is 0 Å². The molecular weight excluding hydrogens is 236 g/mol. The van der Waals surface area contributed by atoms with E-state index in [2.05, 4.69) is 0 Å². The van der Waals surface area contributed by atoms with Crippen LogP contribution >= 0.6 is 0 Å². The van der Waals surface area contributed by atoms with Crippen LogP contribution in [0.15, 0.2) is 0 Å². The van der Waals surface area contributed by atoms with Gasteiger partial charge in [0.05, 0.1) is 5.60 Å². The Kier molecular flexibility index (Phi) is 2.97. The van der Waals surface area contributed by atoms with Gasteiger partial charge < -0.3 is 9.47 Å². The lowest BCUT2D eigenvalue weighted by atomic mass is 9.63. The van der Waals surface area contributed by atoms with E-state index in [-0.39, 0.29) is 11.4 Å². The van der Waals surface area contributed by atoms with Crippen molar-refractivity contribution in [3.8, 4) is 0 Å². The summed E-state index contributed by atoms with van der Waals surface area (Å²) in [6, 6.07) is 0. The number of hydrogen-bond donors (Lipinski definition) is 0. The van der Waals surface area contributed by atoms with Crippen molar-refractivity contribution >= 4 is 0 Å². The molecule has 2 saturated carbocycles. The van der Waals surface area contributed by atoms with Gasteiger partial charge in [-0.25, -0.2) is 0 Å². The fourth-order valence-corrected chi connectivity index (χ4v) is 5.80. The van der Waals surface area contributed by atoms with Crippen LogP contribution in [-0.4, -0.2) is 18.5 Å². The van der Waals surface area contributed by atoms with Crippen LogP contribution in [0.2, 0.25) is 0 Å². The van der Waals surface area contributed by atoms with E-state index in [1.54, 1.807) is 0 Å². The second-order valence-corrected chi connectivity index (χ2v) is 7.64. The summed E-state index contributed by atoms with van der Waals surface area (Å²) < 4.78 is 12.7. The summed E-state index contributed by atoms with van der Waals surface area (Å²) >= 11 is 0. The largest absolute Gasteiger partial charge is 0.353 e. The first-order chi connectivity index (χ1) is 9.25. The Hall–Kier alpha value is -0.0800. The third-order valence-corrected chi connectivity index (χ3v) is 6.71. The average molecular weight is 264 g/mol. The van der Waals surface area contributed by atoms with Gasteiger partial charge in [-0.15, -0.1) is 0 Å². The number of rotatable bonds is 1. The zero-order valence-corrected chi connectivity index (χ0v) is 12.3. The van der Waals surface area contributed by atoms with Gasteiger partial charge in [0.15, 0.2) is 5.79 Å². The van der Waals surface area contributed by atoms with Crippen LogP contribution in [0.1, 0.15) is 70.6 Å². The molecule has 4 fully saturated rings. The molecule has 2 aliphatic heterocycles. The molecule has 4 rings (SSSR count). The molecule has 4 aliphatic rings. The van der Waals surface area contributed by atoms with E-state index < -0.39 is 0 Å². The number of ether oxygens (including phenoxy) is 2. The summed E-state index contributed by atoms with van der Waals surface area (Å²) in [7, 11) is 1.88. The molecule has 5 atom stereocenters. The normalized spacial score (nSPS) is 53.2. The van der Waals surface area contributed by atoms with Crippen LogP contribution in [0.5, 0.6) is 0 Å². The highest BCUT2D eigenvalue weighted by Crippen LogP contribution is 2.59. The molecule has 2 nitrogen and oxygen atoms in total. The van der Waals surface area contributed by atoms with Crippen molar-refractivity contribution in [2.75, 3.05) is 7.11 Å². The molecule has 2 saturated heterocycles. The van der Waals surface area contributed by atoms with Gasteiger partial charge in [-0.2, -0.15) is 0 Å². The molecule has 0 radical (unpaired) electrons. The Morgan fingerprint density at radius 1 is 0.895 bits per heavy atom. The van der Waals surface area contributed by atoms with E-state index in [0.29, 0.717) is 0 Å². The predicted molar refractivity (Wildman–Crippen MR) is 74.8 cm³/mol. The minimum absolute atomic E-state index is 0.199. The predicted octanol–water partition coefficient (Wildman–Crippen LogP) is 4.28. The lowest BCUT2D eigenvalue weighted by Gasteiger charge is -2.42. The van der Waals surface area contributed by atoms with E-state index in [0.717, 1.165) is 17.8 Å². The molecule has 2 bridgehead atoms. The van der Waals surface area contributed by atoms with E-state index in [1.807, 2.05) is 7.11 Å². The lowest BCUT2D eigenvalue weighted by Crippen LogP contribution is -2.41. The zero-order valence-electron chi connectivity index (χ0n) is 12.3. The number of methoxy groups -OCH3 is 1. The van der Waals surface area contributed by atoms with Gasteiger partial charge in [0.25, 0.3) is 0 Å². The van der Waals surface area contributed by atoms with E-state index in [9.17, 15) is 0 Å². The van der Waals surface area contributed by atoms with Crippen molar-refractivity contribution < 1.29 is 9.47 Å². The van der Waals surface area contributed by atoms with Crippen molar-refractivity contribution in [2.24, 2.45) is 17.8 Å². The standard InChI is InChI=1S/C17H28O2/c1-18-17-11-14-7-3-2-6-13(14)10-16(19-17)9-5-4-8-15(16)12-17/h13-15H,2-12H2,1H3/t13-,14+,15+,16+,17-/m0/s1. The maximum Gasteiger partial charge on any atom is 0.169 e. The van der Waals surface area contributed by atoms with Crippen LogP contribution in [-0.2, 0) is 9.47 Å². The lowest BCUT2D eigenvalue weighted by molar-refractivity contribution is -0.244. The van der Waals surface area contributed by atoms with Crippen LogP contribution in [0.3, 0.4) is 0 Å². The quantitative estimate of drug-likeness (QED) is 0.704. The maximum absolute atomic E-state index is 6.72. The molecule has 0 amide bonds. The number of fused-ring (bicyclic) bond motifs is 2. The highest BCUT2D eigenvalue weighted by molar-refractivity contribution is 5.06. The monoisotopic (exact) mass is 264 g/mol. The molecular formula is C17H28O2. The Morgan fingerprint density at radius 2 is 1.63 bits per heavy atom. The second-order valence-electron chi connectivity index (χ2n) is 7.64. The minimum atomic E-state index is -0.217. The molecule has 19 heavy (non-hydrogen) atoms. The van der Waals surface area contributed by atoms with Gasteiger partial charge in [-0.3, -0.25) is 0 Å². The van der Waals surface area contributed by atoms with E-state index >= 15 is 0 Å². The van der Waals surface area contributed by atoms with Gasteiger partial charge in [0, 0.05) is 20.0 Å². The Balaban J connectivity index is 1.68. The van der Waals surface area contributed by atoms with Crippen LogP contribution < -0.4 is 0 Å². The summed E-state index contributed by atoms with van der Waals surface area (Å²) in [5, 5.41) is 0. The summed E-state index contributed by atoms with van der Waals surface area (Å²) in [4.78, 5) is 0. The van der Waals surface area contributed by atoms with Crippen molar-refractivity contribution in [2.45, 2.75) is 82.0 Å². The van der Waals surface area contributed by atoms with E-state index in [1.165, 1.54) is 70.6 Å². The summed E-state index contributed by atoms with van der Waals surface area (Å²) in [5.41, 5.74) is 0.199. The topological polar surface area (TPSA) is 18.5 Å². The third kappa shape index (κ3) is 1.90. The molecule has 0 N–H and O–H groups in total. The fraction of sp³-hybridized carbons (Fsp3) is 1.00. The Labute approximate surface area is 117 Å². The first-order valence-electron chi connectivity index (χ1n) is 8.51. The Bertz CT molecular complexity index is 355. The first kappa shape index (κ1) is 12.6. The van der Waals surface area contributed by atoms with Crippen molar-refractivity contribution in [3.05, 3.63) is 0 Å². The fourth-order valence-electron chi connectivity index (χ4n) is 5.80. The second kappa shape index (κ2) is 4.46. The van der Waals surface area contributed by atoms with E-state index in [4.69, 9.17) is 9.47 Å². The molecule has 0 aromatic heterocycles. The minimum Gasteiger partial charge on any atom is -0.353 e. The molecule has 0 aromatic rings. The molecule has 0 unspecified atom stereocenters. The van der Waals surface area contributed by atoms with Gasteiger partial charge in [-0.1, -0.05) is 32.1 Å². The molecule has 2 heterocycles. The SMILES string of the molecule is CO[C@]12C[C@H]3CCCC[C@H]3C[C@@]3(CCCC[C@@H]3C1)O2. The summed E-state index contributed by atoms with van der Waals surface area (Å²) in [6.07, 6.45) is 14.9. The highest BCUT2D eigenvalue weighted by Gasteiger charge is 2.60. The molecule has 2 aliphatic carbocycles. The molecule has 1 spiro atoms. The maximum atomic E-state index is 6.72. The first-order valence-corrected chi connectivity index (χ1v) is 8.51. The van der Waals surface area contributed by atoms with Gasteiger partial charge in [0.2, 0.25) is 0 Å². The van der Waals surface area contributed by atoms with Crippen LogP contribution in [0, 0.1) is 17.8 Å². The highest BCUT2D eigenvalue weighted by atomic mass is 16.7.